The van der Waals surface area contributed by atoms with Gasteiger partial charge in [-0.1, -0.05) is 30.3 Å². The van der Waals surface area contributed by atoms with Crippen molar-refractivity contribution in [3.05, 3.63) is 66.4 Å². The van der Waals surface area contributed by atoms with Crippen molar-refractivity contribution in [1.82, 2.24) is 15.1 Å². The topological polar surface area (TPSA) is 81.2 Å². The molecule has 0 radical (unpaired) electrons. The number of H-pyrrole nitrogens is 1. The molecular weight excluding hydrogens is 304 g/mol. The average molecular weight is 322 g/mol. The number of para-hydroxylation sites is 1. The van der Waals surface area contributed by atoms with Crippen molar-refractivity contribution in [2.24, 2.45) is 0 Å². The Hall–Kier alpha value is -3.28. The molecule has 0 unspecified atom stereocenters. The van der Waals surface area contributed by atoms with E-state index in [-0.39, 0.29) is 11.8 Å². The smallest absolute Gasteiger partial charge is 0.321 e. The van der Waals surface area contributed by atoms with Crippen LogP contribution in [0, 0.1) is 0 Å². The van der Waals surface area contributed by atoms with E-state index in [1.54, 1.807) is 31.4 Å². The first kappa shape index (κ1) is 15.6. The standard InChI is InChI=1S/C18H18N4O2/c1-22(12-14-4-2-3-5-17(14)23)18(24)20-15-8-6-13(7-9-15)16-10-11-19-21-16/h2-11,23H,12H2,1H3,(H,19,21)(H,20,24). The normalized spacial score (nSPS) is 10.4. The van der Waals surface area contributed by atoms with Crippen LogP contribution in [0.4, 0.5) is 10.5 Å². The summed E-state index contributed by atoms with van der Waals surface area (Å²) in [6.45, 7) is 0.324. The molecule has 1 aromatic heterocycles. The molecule has 6 nitrogen and oxygen atoms in total. The summed E-state index contributed by atoms with van der Waals surface area (Å²) in [6, 6.07) is 16.1. The van der Waals surface area contributed by atoms with Gasteiger partial charge >= 0.3 is 6.03 Å². The molecule has 0 saturated carbocycles. The quantitative estimate of drug-likeness (QED) is 0.688. The van der Waals surface area contributed by atoms with Gasteiger partial charge in [-0.25, -0.2) is 4.79 Å². The second-order valence-corrected chi connectivity index (χ2v) is 5.46. The lowest BCUT2D eigenvalue weighted by atomic mass is 10.1. The highest BCUT2D eigenvalue weighted by atomic mass is 16.3. The number of hydrogen-bond donors (Lipinski definition) is 3. The Morgan fingerprint density at radius 2 is 1.92 bits per heavy atom. The van der Waals surface area contributed by atoms with Gasteiger partial charge in [-0.05, 0) is 29.8 Å². The number of benzene rings is 2. The number of rotatable bonds is 4. The fraction of sp³-hybridized carbons (Fsp3) is 0.111. The summed E-state index contributed by atoms with van der Waals surface area (Å²) in [6.07, 6.45) is 1.69. The van der Waals surface area contributed by atoms with Crippen molar-refractivity contribution in [3.8, 4) is 17.0 Å². The third-order valence-electron chi connectivity index (χ3n) is 3.69. The van der Waals surface area contributed by atoms with Crippen LogP contribution in [-0.4, -0.2) is 33.3 Å². The predicted molar refractivity (Wildman–Crippen MR) is 92.6 cm³/mol. The third kappa shape index (κ3) is 3.55. The lowest BCUT2D eigenvalue weighted by Crippen LogP contribution is -2.30. The van der Waals surface area contributed by atoms with Crippen LogP contribution in [0.3, 0.4) is 0 Å². The lowest BCUT2D eigenvalue weighted by Gasteiger charge is -2.18. The molecule has 0 aliphatic rings. The second kappa shape index (κ2) is 6.87. The zero-order valence-electron chi connectivity index (χ0n) is 13.2. The van der Waals surface area contributed by atoms with E-state index in [1.807, 2.05) is 36.4 Å². The number of phenolic OH excluding ortho intramolecular Hbond substituents is 1. The zero-order chi connectivity index (χ0) is 16.9. The Kier molecular flexibility index (Phi) is 4.47. The molecule has 6 heteroatoms. The average Bonchev–Trinajstić information content (AvgIpc) is 3.12. The Bertz CT molecular complexity index is 813. The van der Waals surface area contributed by atoms with Crippen LogP contribution in [0.2, 0.25) is 0 Å². The second-order valence-electron chi connectivity index (χ2n) is 5.46. The summed E-state index contributed by atoms with van der Waals surface area (Å²) in [5.41, 5.74) is 3.31. The van der Waals surface area contributed by atoms with Crippen molar-refractivity contribution in [2.45, 2.75) is 6.54 Å². The van der Waals surface area contributed by atoms with Crippen molar-refractivity contribution >= 4 is 11.7 Å². The van der Waals surface area contributed by atoms with Gasteiger partial charge in [0.1, 0.15) is 5.75 Å². The molecule has 0 saturated heterocycles. The highest BCUT2D eigenvalue weighted by Crippen LogP contribution is 2.20. The van der Waals surface area contributed by atoms with Gasteiger partial charge in [-0.2, -0.15) is 5.10 Å². The van der Waals surface area contributed by atoms with Crippen molar-refractivity contribution < 1.29 is 9.90 Å². The van der Waals surface area contributed by atoms with E-state index in [0.717, 1.165) is 11.3 Å². The minimum absolute atomic E-state index is 0.182. The van der Waals surface area contributed by atoms with E-state index in [2.05, 4.69) is 15.5 Å². The van der Waals surface area contributed by atoms with Crippen LogP contribution >= 0.6 is 0 Å². The summed E-state index contributed by atoms with van der Waals surface area (Å²) in [4.78, 5) is 13.8. The number of nitrogens with zero attached hydrogens (tertiary/aromatic N) is 2. The Morgan fingerprint density at radius 1 is 1.17 bits per heavy atom. The zero-order valence-corrected chi connectivity index (χ0v) is 13.2. The first-order valence-corrected chi connectivity index (χ1v) is 7.52. The van der Waals surface area contributed by atoms with E-state index >= 15 is 0 Å². The number of carbonyl (C=O) groups is 1. The van der Waals surface area contributed by atoms with Crippen LogP contribution in [0.5, 0.6) is 5.75 Å². The van der Waals surface area contributed by atoms with Crippen molar-refractivity contribution in [3.63, 3.8) is 0 Å². The molecule has 2 amide bonds. The van der Waals surface area contributed by atoms with Gasteiger partial charge in [-0.15, -0.1) is 0 Å². The number of nitrogens with one attached hydrogen (secondary N) is 2. The highest BCUT2D eigenvalue weighted by Gasteiger charge is 2.11. The fourth-order valence-electron chi connectivity index (χ4n) is 2.34. The molecule has 0 bridgehead atoms. The van der Waals surface area contributed by atoms with Crippen LogP contribution in [-0.2, 0) is 6.54 Å². The molecule has 24 heavy (non-hydrogen) atoms. The molecule has 2 aromatic carbocycles. The SMILES string of the molecule is CN(Cc1ccccc1O)C(=O)Nc1ccc(-c2ccn[nH]2)cc1. The number of carbonyl (C=O) groups excluding carboxylic acids is 1. The maximum Gasteiger partial charge on any atom is 0.321 e. The van der Waals surface area contributed by atoms with Gasteiger partial charge in [0.25, 0.3) is 0 Å². The molecule has 3 N–H and O–H groups in total. The van der Waals surface area contributed by atoms with Gasteiger partial charge in [-0.3, -0.25) is 5.10 Å². The number of phenols is 1. The summed E-state index contributed by atoms with van der Waals surface area (Å²) in [5.74, 6) is 0.182. The van der Waals surface area contributed by atoms with Gasteiger partial charge in [0.2, 0.25) is 0 Å². The summed E-state index contributed by atoms with van der Waals surface area (Å²) < 4.78 is 0. The number of urea groups is 1. The van der Waals surface area contributed by atoms with E-state index < -0.39 is 0 Å². The maximum atomic E-state index is 12.3. The van der Waals surface area contributed by atoms with E-state index in [1.165, 1.54) is 4.90 Å². The molecule has 3 aromatic rings. The molecule has 0 fully saturated rings. The number of aromatic amines is 1. The van der Waals surface area contributed by atoms with Gasteiger partial charge < -0.3 is 15.3 Å². The van der Waals surface area contributed by atoms with Crippen molar-refractivity contribution in [1.29, 1.82) is 0 Å². The Morgan fingerprint density at radius 3 is 2.58 bits per heavy atom. The minimum atomic E-state index is -0.243. The number of hydrogen-bond acceptors (Lipinski definition) is 3. The van der Waals surface area contributed by atoms with Crippen LogP contribution < -0.4 is 5.32 Å². The number of amides is 2. The first-order chi connectivity index (χ1) is 11.6. The largest absolute Gasteiger partial charge is 0.508 e. The van der Waals surface area contributed by atoms with Gasteiger partial charge in [0, 0.05) is 24.5 Å². The first-order valence-electron chi connectivity index (χ1n) is 7.52. The third-order valence-corrected chi connectivity index (χ3v) is 3.69. The molecule has 0 aliphatic carbocycles. The van der Waals surface area contributed by atoms with E-state index in [0.29, 0.717) is 17.8 Å². The molecule has 0 spiro atoms. The van der Waals surface area contributed by atoms with Gasteiger partial charge in [0.05, 0.1) is 12.2 Å². The summed E-state index contributed by atoms with van der Waals surface area (Å²) in [7, 11) is 1.68. The molecule has 3 rings (SSSR count). The Balaban J connectivity index is 1.63. The summed E-state index contributed by atoms with van der Waals surface area (Å²) in [5, 5.41) is 19.4. The molecule has 0 aliphatic heterocycles. The molecule has 0 atom stereocenters. The summed E-state index contributed by atoms with van der Waals surface area (Å²) >= 11 is 0. The number of aromatic hydroxyl groups is 1. The van der Waals surface area contributed by atoms with Gasteiger partial charge in [0.15, 0.2) is 0 Å². The highest BCUT2D eigenvalue weighted by molar-refractivity contribution is 5.89. The fourth-order valence-corrected chi connectivity index (χ4v) is 2.34. The predicted octanol–water partition coefficient (Wildman–Crippen LogP) is 3.45. The van der Waals surface area contributed by atoms with E-state index in [4.69, 9.17) is 0 Å². The maximum absolute atomic E-state index is 12.3. The monoisotopic (exact) mass is 322 g/mol. The lowest BCUT2D eigenvalue weighted by molar-refractivity contribution is 0.220. The molecular formula is C18H18N4O2. The van der Waals surface area contributed by atoms with E-state index in [9.17, 15) is 9.90 Å². The van der Waals surface area contributed by atoms with Crippen LogP contribution in [0.15, 0.2) is 60.8 Å². The van der Waals surface area contributed by atoms with Crippen molar-refractivity contribution in [2.75, 3.05) is 12.4 Å². The Labute approximate surface area is 139 Å². The molecule has 122 valence electrons. The van der Waals surface area contributed by atoms with Crippen LogP contribution in [0.1, 0.15) is 5.56 Å². The minimum Gasteiger partial charge on any atom is -0.508 e. The number of aromatic nitrogens is 2. The van der Waals surface area contributed by atoms with Crippen LogP contribution in [0.25, 0.3) is 11.3 Å². The number of anilines is 1. The molecule has 1 heterocycles.